The van der Waals surface area contributed by atoms with Crippen LogP contribution in [0.3, 0.4) is 0 Å². The lowest BCUT2D eigenvalue weighted by molar-refractivity contribution is -0.117. The van der Waals surface area contributed by atoms with Crippen molar-refractivity contribution < 1.29 is 4.79 Å². The van der Waals surface area contributed by atoms with E-state index in [-0.39, 0.29) is 11.9 Å². The minimum atomic E-state index is -0.183. The normalized spacial score (nSPS) is 19.1. The van der Waals surface area contributed by atoms with Gasteiger partial charge in [-0.3, -0.25) is 4.79 Å². The number of anilines is 1. The number of nitrogens with one attached hydrogen (secondary N) is 2. The van der Waals surface area contributed by atoms with E-state index in [1.807, 2.05) is 11.8 Å². The Morgan fingerprint density at radius 2 is 2.21 bits per heavy atom. The lowest BCUT2D eigenvalue weighted by Crippen LogP contribution is -2.27. The highest BCUT2D eigenvalue weighted by Crippen LogP contribution is 2.35. The van der Waals surface area contributed by atoms with Crippen LogP contribution in [0.2, 0.25) is 0 Å². The average molecular weight is 278 g/mol. The molecule has 4 heteroatoms. The molecule has 0 fully saturated rings. The van der Waals surface area contributed by atoms with Gasteiger partial charge in [0.1, 0.15) is 6.04 Å². The van der Waals surface area contributed by atoms with Gasteiger partial charge < -0.3 is 10.6 Å². The quantitative estimate of drug-likeness (QED) is 0.782. The molecule has 19 heavy (non-hydrogen) atoms. The SMILES string of the molecule is CCCNC1C(=O)Nc2cc(SC(C)CC)ccc21. The Hall–Kier alpha value is -1.00. The third-order valence-corrected chi connectivity index (χ3v) is 4.63. The van der Waals surface area contributed by atoms with E-state index < -0.39 is 0 Å². The number of carbonyl (C=O) groups excluding carboxylic acids is 1. The molecule has 1 amide bonds. The van der Waals surface area contributed by atoms with E-state index in [1.165, 1.54) is 4.90 Å². The summed E-state index contributed by atoms with van der Waals surface area (Å²) in [5.41, 5.74) is 2.04. The number of amides is 1. The molecule has 0 radical (unpaired) electrons. The summed E-state index contributed by atoms with van der Waals surface area (Å²) in [6.45, 7) is 7.38. The van der Waals surface area contributed by atoms with Crippen LogP contribution in [0.5, 0.6) is 0 Å². The number of benzene rings is 1. The lowest BCUT2D eigenvalue weighted by atomic mass is 10.1. The predicted molar refractivity (Wildman–Crippen MR) is 81.7 cm³/mol. The van der Waals surface area contributed by atoms with Crippen molar-refractivity contribution in [1.29, 1.82) is 0 Å². The van der Waals surface area contributed by atoms with E-state index >= 15 is 0 Å². The molecular weight excluding hydrogens is 256 g/mol. The van der Waals surface area contributed by atoms with Gasteiger partial charge in [-0.05, 0) is 31.5 Å². The highest BCUT2D eigenvalue weighted by atomic mass is 32.2. The maximum atomic E-state index is 11.9. The summed E-state index contributed by atoms with van der Waals surface area (Å²) in [6.07, 6.45) is 2.18. The zero-order chi connectivity index (χ0) is 13.8. The zero-order valence-corrected chi connectivity index (χ0v) is 12.6. The minimum Gasteiger partial charge on any atom is -0.324 e. The number of carbonyl (C=O) groups is 1. The van der Waals surface area contributed by atoms with Crippen LogP contribution < -0.4 is 10.6 Å². The highest BCUT2D eigenvalue weighted by molar-refractivity contribution is 7.99. The number of hydrogen-bond donors (Lipinski definition) is 2. The molecule has 0 bridgehead atoms. The van der Waals surface area contributed by atoms with E-state index in [2.05, 4.69) is 49.6 Å². The van der Waals surface area contributed by atoms with Crippen LogP contribution >= 0.6 is 11.8 Å². The van der Waals surface area contributed by atoms with Crippen molar-refractivity contribution in [3.8, 4) is 0 Å². The first-order valence-electron chi connectivity index (χ1n) is 7.00. The number of rotatable bonds is 6. The number of hydrogen-bond acceptors (Lipinski definition) is 3. The van der Waals surface area contributed by atoms with Crippen molar-refractivity contribution >= 4 is 23.4 Å². The number of fused-ring (bicyclic) bond motifs is 1. The van der Waals surface area contributed by atoms with Gasteiger partial charge in [0.25, 0.3) is 0 Å². The first-order valence-corrected chi connectivity index (χ1v) is 7.88. The second-order valence-corrected chi connectivity index (χ2v) is 6.47. The van der Waals surface area contributed by atoms with Gasteiger partial charge in [0.15, 0.2) is 0 Å². The molecule has 0 saturated heterocycles. The Kier molecular flexibility index (Phi) is 4.88. The van der Waals surface area contributed by atoms with Gasteiger partial charge in [0.2, 0.25) is 5.91 Å². The smallest absolute Gasteiger partial charge is 0.246 e. The van der Waals surface area contributed by atoms with E-state index in [1.54, 1.807) is 0 Å². The topological polar surface area (TPSA) is 41.1 Å². The predicted octanol–water partition coefficient (Wildman–Crippen LogP) is 3.57. The van der Waals surface area contributed by atoms with E-state index in [4.69, 9.17) is 0 Å². The van der Waals surface area contributed by atoms with Gasteiger partial charge in [-0.2, -0.15) is 0 Å². The highest BCUT2D eigenvalue weighted by Gasteiger charge is 2.29. The van der Waals surface area contributed by atoms with E-state index in [0.29, 0.717) is 5.25 Å². The molecule has 3 nitrogen and oxygen atoms in total. The second kappa shape index (κ2) is 6.44. The molecule has 0 aromatic heterocycles. The Labute approximate surface area is 119 Å². The maximum Gasteiger partial charge on any atom is 0.246 e. The van der Waals surface area contributed by atoms with Crippen LogP contribution in [0.1, 0.15) is 45.2 Å². The third-order valence-electron chi connectivity index (χ3n) is 3.37. The van der Waals surface area contributed by atoms with Crippen LogP contribution in [-0.4, -0.2) is 17.7 Å². The van der Waals surface area contributed by atoms with Crippen LogP contribution in [0.15, 0.2) is 23.1 Å². The van der Waals surface area contributed by atoms with Crippen LogP contribution in [0, 0.1) is 0 Å². The van der Waals surface area contributed by atoms with Crippen LogP contribution in [-0.2, 0) is 4.79 Å². The van der Waals surface area contributed by atoms with Gasteiger partial charge in [-0.25, -0.2) is 0 Å². The Balaban J connectivity index is 2.14. The summed E-state index contributed by atoms with van der Waals surface area (Å²) < 4.78 is 0. The summed E-state index contributed by atoms with van der Waals surface area (Å²) in [4.78, 5) is 13.2. The van der Waals surface area contributed by atoms with Gasteiger partial charge in [0, 0.05) is 21.4 Å². The Bertz CT molecular complexity index is 461. The monoisotopic (exact) mass is 278 g/mol. The molecule has 2 atom stereocenters. The Morgan fingerprint density at radius 3 is 2.89 bits per heavy atom. The van der Waals surface area contributed by atoms with Gasteiger partial charge >= 0.3 is 0 Å². The second-order valence-electron chi connectivity index (χ2n) is 4.96. The first-order chi connectivity index (χ1) is 9.15. The van der Waals surface area contributed by atoms with Crippen LogP contribution in [0.25, 0.3) is 0 Å². The standard InChI is InChI=1S/C15H22N2OS/c1-4-8-16-14-12-7-6-11(19-10(3)5-2)9-13(12)17-15(14)18/h6-7,9-10,14,16H,4-5,8H2,1-3H3,(H,17,18). The summed E-state index contributed by atoms with van der Waals surface area (Å²) in [6, 6.07) is 6.11. The van der Waals surface area contributed by atoms with Crippen molar-refractivity contribution in [3.05, 3.63) is 23.8 Å². The van der Waals surface area contributed by atoms with Crippen molar-refractivity contribution in [3.63, 3.8) is 0 Å². The molecule has 104 valence electrons. The fraction of sp³-hybridized carbons (Fsp3) is 0.533. The molecule has 1 heterocycles. The summed E-state index contributed by atoms with van der Waals surface area (Å²) in [5.74, 6) is 0.0640. The van der Waals surface area contributed by atoms with Crippen molar-refractivity contribution in [2.45, 2.75) is 49.8 Å². The van der Waals surface area contributed by atoms with Gasteiger partial charge in [0.05, 0.1) is 0 Å². The van der Waals surface area contributed by atoms with E-state index in [9.17, 15) is 4.79 Å². The first kappa shape index (κ1) is 14.4. The Morgan fingerprint density at radius 1 is 1.42 bits per heavy atom. The largest absolute Gasteiger partial charge is 0.324 e. The molecule has 1 aliphatic rings. The van der Waals surface area contributed by atoms with Crippen molar-refractivity contribution in [2.75, 3.05) is 11.9 Å². The summed E-state index contributed by atoms with van der Waals surface area (Å²) >= 11 is 1.86. The van der Waals surface area contributed by atoms with Crippen molar-refractivity contribution in [1.82, 2.24) is 5.32 Å². The molecule has 1 aromatic carbocycles. The van der Waals surface area contributed by atoms with Gasteiger partial charge in [-0.1, -0.05) is 26.8 Å². The molecule has 0 spiro atoms. The molecule has 2 N–H and O–H groups in total. The van der Waals surface area contributed by atoms with Crippen LogP contribution in [0.4, 0.5) is 5.69 Å². The molecule has 0 saturated carbocycles. The lowest BCUT2D eigenvalue weighted by Gasteiger charge is -2.12. The molecule has 1 aromatic rings. The molecule has 2 unspecified atom stereocenters. The third kappa shape index (κ3) is 3.31. The minimum absolute atomic E-state index is 0.0640. The maximum absolute atomic E-state index is 11.9. The number of thioether (sulfide) groups is 1. The van der Waals surface area contributed by atoms with E-state index in [0.717, 1.165) is 30.6 Å². The molecular formula is C15H22N2OS. The molecule has 2 rings (SSSR count). The zero-order valence-electron chi connectivity index (χ0n) is 11.8. The summed E-state index contributed by atoms with van der Waals surface area (Å²) in [5, 5.41) is 6.86. The van der Waals surface area contributed by atoms with Crippen molar-refractivity contribution in [2.24, 2.45) is 0 Å². The molecule has 1 aliphatic heterocycles. The fourth-order valence-electron chi connectivity index (χ4n) is 2.12. The average Bonchev–Trinajstić information content (AvgIpc) is 2.71. The molecule has 0 aliphatic carbocycles. The summed E-state index contributed by atoms with van der Waals surface area (Å²) in [7, 11) is 0. The fourth-order valence-corrected chi connectivity index (χ4v) is 3.09. The van der Waals surface area contributed by atoms with Gasteiger partial charge in [-0.15, -0.1) is 11.8 Å².